The first kappa shape index (κ1) is 21.8. The van der Waals surface area contributed by atoms with Crippen LogP contribution in [-0.4, -0.2) is 43.9 Å². The molecular formula is C24H22ClN5O2S. The molecule has 2 aromatic carbocycles. The Bertz CT molecular complexity index is 1430. The molecule has 0 bridgehead atoms. The van der Waals surface area contributed by atoms with Crippen molar-refractivity contribution in [3.63, 3.8) is 0 Å². The van der Waals surface area contributed by atoms with Crippen molar-refractivity contribution in [1.29, 1.82) is 0 Å². The van der Waals surface area contributed by atoms with Gasteiger partial charge in [-0.3, -0.25) is 9.79 Å². The largest absolute Gasteiger partial charge is 0.387 e. The molecule has 0 radical (unpaired) electrons. The highest BCUT2D eigenvalue weighted by molar-refractivity contribution is 8.14. The smallest absolute Gasteiger partial charge is 0.261 e. The number of aliphatic imine (C=N–C) groups is 1. The van der Waals surface area contributed by atoms with Crippen molar-refractivity contribution in [3.05, 3.63) is 80.7 Å². The van der Waals surface area contributed by atoms with Crippen LogP contribution in [0.15, 0.2) is 58.4 Å². The first-order valence-corrected chi connectivity index (χ1v) is 11.9. The minimum atomic E-state index is -0.791. The average molecular weight is 480 g/mol. The highest BCUT2D eigenvalue weighted by Gasteiger charge is 2.18. The number of thioether (sulfide) groups is 1. The Morgan fingerprint density at radius 1 is 1.27 bits per heavy atom. The van der Waals surface area contributed by atoms with Gasteiger partial charge < -0.3 is 20.4 Å². The van der Waals surface area contributed by atoms with Gasteiger partial charge in [0.15, 0.2) is 0 Å². The Kier molecular flexibility index (Phi) is 5.97. The van der Waals surface area contributed by atoms with E-state index in [2.05, 4.69) is 26.3 Å². The van der Waals surface area contributed by atoms with Gasteiger partial charge in [-0.25, -0.2) is 4.98 Å². The molecule has 5 rings (SSSR count). The monoisotopic (exact) mass is 479 g/mol. The summed E-state index contributed by atoms with van der Waals surface area (Å²) in [5, 5.41) is 15.4. The molecule has 0 fully saturated rings. The van der Waals surface area contributed by atoms with Gasteiger partial charge in [0.25, 0.3) is 5.56 Å². The van der Waals surface area contributed by atoms with E-state index in [1.165, 1.54) is 0 Å². The summed E-state index contributed by atoms with van der Waals surface area (Å²) in [6, 6.07) is 13.0. The van der Waals surface area contributed by atoms with E-state index in [0.29, 0.717) is 27.7 Å². The molecule has 1 unspecified atom stereocenters. The van der Waals surface area contributed by atoms with Crippen LogP contribution >= 0.6 is 23.4 Å². The van der Waals surface area contributed by atoms with Crippen LogP contribution in [0.3, 0.4) is 0 Å². The molecule has 4 aromatic rings. The quantitative estimate of drug-likeness (QED) is 0.325. The van der Waals surface area contributed by atoms with E-state index in [9.17, 15) is 9.90 Å². The molecular weight excluding hydrogens is 458 g/mol. The van der Waals surface area contributed by atoms with E-state index in [4.69, 9.17) is 16.6 Å². The lowest BCUT2D eigenvalue weighted by Gasteiger charge is -2.15. The fourth-order valence-corrected chi connectivity index (χ4v) is 4.98. The highest BCUT2D eigenvalue weighted by atomic mass is 35.5. The van der Waals surface area contributed by atoms with E-state index < -0.39 is 6.10 Å². The second-order valence-electron chi connectivity index (χ2n) is 7.86. The number of pyridine rings is 1. The highest BCUT2D eigenvalue weighted by Crippen LogP contribution is 2.29. The van der Waals surface area contributed by atoms with Crippen LogP contribution in [0, 0.1) is 6.92 Å². The summed E-state index contributed by atoms with van der Waals surface area (Å²) in [5.74, 6) is 1.46. The standard InChI is InChI=1S/C24H22ClN5O2S/c1-13-9-15(24-27-7-8-33-24)11-18-21(13)30-22(29-18)20-17(5-6-26-23(20)32)28-12-19(31)14-3-2-4-16(25)10-14/h2-6,9-11,19,31H,7-8,12H2,1H3,(H,29,30)(H2,26,28,32). The molecule has 1 aliphatic heterocycles. The maximum atomic E-state index is 12.8. The third-order valence-electron chi connectivity index (χ3n) is 5.53. The summed E-state index contributed by atoms with van der Waals surface area (Å²) in [5.41, 5.74) is 5.12. The van der Waals surface area contributed by atoms with Crippen molar-refractivity contribution in [1.82, 2.24) is 15.0 Å². The van der Waals surface area contributed by atoms with Crippen molar-refractivity contribution in [2.24, 2.45) is 4.99 Å². The summed E-state index contributed by atoms with van der Waals surface area (Å²) < 4.78 is 0. The second-order valence-corrected chi connectivity index (χ2v) is 9.38. The number of aliphatic hydroxyl groups is 1. The molecule has 0 spiro atoms. The number of halogens is 1. The first-order chi connectivity index (χ1) is 16.0. The first-order valence-electron chi connectivity index (χ1n) is 10.6. The molecule has 9 heteroatoms. The Labute approximate surface area is 199 Å². The van der Waals surface area contributed by atoms with Gasteiger partial charge in [-0.1, -0.05) is 23.7 Å². The van der Waals surface area contributed by atoms with Gasteiger partial charge in [-0.05, 0) is 48.4 Å². The van der Waals surface area contributed by atoms with Crippen molar-refractivity contribution >= 4 is 45.1 Å². The third-order valence-corrected chi connectivity index (χ3v) is 6.79. The van der Waals surface area contributed by atoms with Gasteiger partial charge in [-0.2, -0.15) is 0 Å². The van der Waals surface area contributed by atoms with Crippen LogP contribution in [0.25, 0.3) is 22.4 Å². The normalized spacial score (nSPS) is 14.5. The molecule has 168 valence electrons. The number of aliphatic hydroxyl groups excluding tert-OH is 1. The Balaban J connectivity index is 1.48. The van der Waals surface area contributed by atoms with Gasteiger partial charge in [-0.15, -0.1) is 11.8 Å². The lowest BCUT2D eigenvalue weighted by molar-refractivity contribution is 0.191. The summed E-state index contributed by atoms with van der Waals surface area (Å²) in [6.45, 7) is 3.05. The molecule has 7 nitrogen and oxygen atoms in total. The van der Waals surface area contributed by atoms with Crippen molar-refractivity contribution < 1.29 is 5.11 Å². The fraction of sp³-hybridized carbons (Fsp3) is 0.208. The van der Waals surface area contributed by atoms with E-state index in [1.54, 1.807) is 42.2 Å². The number of anilines is 1. The number of rotatable bonds is 6. The number of fused-ring (bicyclic) bond motifs is 1. The molecule has 0 amide bonds. The van der Waals surface area contributed by atoms with Gasteiger partial charge >= 0.3 is 0 Å². The molecule has 0 saturated carbocycles. The Morgan fingerprint density at radius 3 is 2.94 bits per heavy atom. The molecule has 0 saturated heterocycles. The van der Waals surface area contributed by atoms with Crippen molar-refractivity contribution in [3.8, 4) is 11.4 Å². The predicted molar refractivity (Wildman–Crippen MR) is 136 cm³/mol. The number of nitrogens with one attached hydrogen (secondary N) is 3. The lowest BCUT2D eigenvalue weighted by atomic mass is 10.1. The third kappa shape index (κ3) is 4.42. The van der Waals surface area contributed by atoms with Crippen LogP contribution in [0.1, 0.15) is 22.8 Å². The van der Waals surface area contributed by atoms with Crippen LogP contribution in [0.5, 0.6) is 0 Å². The number of aryl methyl sites for hydroxylation is 1. The summed E-state index contributed by atoms with van der Waals surface area (Å²) in [7, 11) is 0. The number of aromatic amines is 2. The molecule has 0 aliphatic carbocycles. The SMILES string of the molecule is Cc1cc(C2=NCCS2)cc2[nH]c(-c3c(NCC(O)c4cccc(Cl)c4)cc[nH]c3=O)nc12. The molecule has 2 aromatic heterocycles. The zero-order valence-corrected chi connectivity index (χ0v) is 19.4. The number of H-pyrrole nitrogens is 2. The molecule has 4 N–H and O–H groups in total. The maximum Gasteiger partial charge on any atom is 0.261 e. The van der Waals surface area contributed by atoms with E-state index in [0.717, 1.165) is 39.5 Å². The zero-order valence-electron chi connectivity index (χ0n) is 17.9. The molecule has 1 aliphatic rings. The predicted octanol–water partition coefficient (Wildman–Crippen LogP) is 4.52. The number of imidazole rings is 1. The topological polar surface area (TPSA) is 106 Å². The van der Waals surface area contributed by atoms with Crippen molar-refractivity contribution in [2.45, 2.75) is 13.0 Å². The van der Waals surface area contributed by atoms with Crippen molar-refractivity contribution in [2.75, 3.05) is 24.2 Å². The van der Waals surface area contributed by atoms with Crippen LogP contribution in [0.4, 0.5) is 5.69 Å². The number of hydrogen-bond acceptors (Lipinski definition) is 6. The lowest BCUT2D eigenvalue weighted by Crippen LogP contribution is -2.17. The molecule has 1 atom stereocenters. The van der Waals surface area contributed by atoms with Gasteiger partial charge in [0, 0.05) is 35.6 Å². The molecule has 33 heavy (non-hydrogen) atoms. The van der Waals surface area contributed by atoms with Crippen LogP contribution < -0.4 is 10.9 Å². The second kappa shape index (κ2) is 9.05. The number of benzene rings is 2. The fourth-order valence-electron chi connectivity index (χ4n) is 3.94. The summed E-state index contributed by atoms with van der Waals surface area (Å²) >= 11 is 7.79. The minimum Gasteiger partial charge on any atom is -0.387 e. The maximum absolute atomic E-state index is 12.8. The van der Waals surface area contributed by atoms with E-state index in [-0.39, 0.29) is 12.1 Å². The Morgan fingerprint density at radius 2 is 2.15 bits per heavy atom. The van der Waals surface area contributed by atoms with E-state index in [1.807, 2.05) is 19.1 Å². The zero-order chi connectivity index (χ0) is 22.9. The van der Waals surface area contributed by atoms with Crippen LogP contribution in [0.2, 0.25) is 5.02 Å². The Hall–Kier alpha value is -3.07. The van der Waals surface area contributed by atoms with Gasteiger partial charge in [0.05, 0.1) is 27.9 Å². The molecule has 3 heterocycles. The number of nitrogens with zero attached hydrogens (tertiary/aromatic N) is 2. The van der Waals surface area contributed by atoms with E-state index >= 15 is 0 Å². The summed E-state index contributed by atoms with van der Waals surface area (Å²) in [6.07, 6.45) is 0.780. The van der Waals surface area contributed by atoms with Crippen LogP contribution in [-0.2, 0) is 0 Å². The van der Waals surface area contributed by atoms with Gasteiger partial charge in [0.2, 0.25) is 0 Å². The number of aromatic nitrogens is 3. The summed E-state index contributed by atoms with van der Waals surface area (Å²) in [4.78, 5) is 28.1. The average Bonchev–Trinajstić information content (AvgIpc) is 3.48. The van der Waals surface area contributed by atoms with Gasteiger partial charge in [0.1, 0.15) is 11.4 Å². The number of hydrogen-bond donors (Lipinski definition) is 4. The minimum absolute atomic E-state index is 0.206.